The van der Waals surface area contributed by atoms with E-state index in [0.717, 1.165) is 27.9 Å². The number of amides is 1. The molecule has 124 valence electrons. The number of aromatic nitrogens is 1. The van der Waals surface area contributed by atoms with E-state index >= 15 is 0 Å². The van der Waals surface area contributed by atoms with Gasteiger partial charge in [0.05, 0.1) is 26.0 Å². The monoisotopic (exact) mass is 360 g/mol. The molecule has 1 amide bonds. The number of fused-ring (bicyclic) bond motifs is 1. The molecule has 0 saturated carbocycles. The van der Waals surface area contributed by atoms with Crippen molar-refractivity contribution in [3.05, 3.63) is 52.4 Å². The first-order valence-corrected chi connectivity index (χ1v) is 8.81. The Hall–Kier alpha value is -1.95. The highest BCUT2D eigenvalue weighted by Crippen LogP contribution is 2.32. The number of nitrogens with zero attached hydrogens (tertiary/aromatic N) is 1. The molecule has 0 unspecified atom stereocenters. The number of rotatable bonds is 6. The first-order valence-electron chi connectivity index (χ1n) is 7.61. The van der Waals surface area contributed by atoms with Gasteiger partial charge in [-0.1, -0.05) is 29.8 Å². The highest BCUT2D eigenvalue weighted by atomic mass is 35.5. The highest BCUT2D eigenvalue weighted by Gasteiger charge is 2.14. The summed E-state index contributed by atoms with van der Waals surface area (Å²) < 4.78 is 5.71. The van der Waals surface area contributed by atoms with Gasteiger partial charge in [0.1, 0.15) is 0 Å². The minimum absolute atomic E-state index is 0.103. The Bertz CT molecular complexity index is 863. The van der Waals surface area contributed by atoms with Crippen LogP contribution in [0.3, 0.4) is 0 Å². The van der Waals surface area contributed by atoms with Gasteiger partial charge in [0.15, 0.2) is 0 Å². The number of benzene rings is 1. The fourth-order valence-corrected chi connectivity index (χ4v) is 3.46. The van der Waals surface area contributed by atoms with Crippen molar-refractivity contribution in [3.8, 4) is 10.6 Å². The molecule has 6 heteroatoms. The third kappa shape index (κ3) is 3.75. The number of hydrogen-bond acceptors (Lipinski definition) is 4. The molecule has 2 heterocycles. The Kier molecular flexibility index (Phi) is 5.45. The van der Waals surface area contributed by atoms with Gasteiger partial charge in [-0.3, -0.25) is 4.79 Å². The van der Waals surface area contributed by atoms with Gasteiger partial charge in [-0.05, 0) is 30.7 Å². The van der Waals surface area contributed by atoms with Crippen molar-refractivity contribution in [1.82, 2.24) is 10.3 Å². The Morgan fingerprint density at radius 1 is 1.29 bits per heavy atom. The van der Waals surface area contributed by atoms with E-state index in [-0.39, 0.29) is 5.91 Å². The molecule has 2 aromatic heterocycles. The standard InChI is InChI=1S/C18H17ClN2O2S/c1-23-10-4-9-20-18(22)13-11-15(16-7-8-17(19)24-16)21-14-6-3-2-5-12(13)14/h2-3,5-8,11H,4,9-10H2,1H3,(H,20,22). The minimum Gasteiger partial charge on any atom is -0.385 e. The number of para-hydroxylation sites is 1. The van der Waals surface area contributed by atoms with Crippen molar-refractivity contribution in [3.63, 3.8) is 0 Å². The molecule has 4 nitrogen and oxygen atoms in total. The summed E-state index contributed by atoms with van der Waals surface area (Å²) in [6.45, 7) is 1.19. The molecule has 0 saturated heterocycles. The van der Waals surface area contributed by atoms with Crippen LogP contribution in [0.25, 0.3) is 21.5 Å². The smallest absolute Gasteiger partial charge is 0.252 e. The Morgan fingerprint density at radius 2 is 2.12 bits per heavy atom. The molecule has 1 aromatic carbocycles. The quantitative estimate of drug-likeness (QED) is 0.663. The number of pyridine rings is 1. The van der Waals surface area contributed by atoms with Crippen LogP contribution in [0.15, 0.2) is 42.5 Å². The van der Waals surface area contributed by atoms with Crippen molar-refractivity contribution in [2.45, 2.75) is 6.42 Å². The number of carbonyl (C=O) groups is 1. The number of ether oxygens (including phenoxy) is 1. The van der Waals surface area contributed by atoms with Crippen LogP contribution in [0.4, 0.5) is 0 Å². The number of nitrogens with one attached hydrogen (secondary N) is 1. The average molecular weight is 361 g/mol. The molecule has 0 bridgehead atoms. The summed E-state index contributed by atoms with van der Waals surface area (Å²) in [6, 6.07) is 13.2. The van der Waals surface area contributed by atoms with E-state index in [9.17, 15) is 4.79 Å². The topological polar surface area (TPSA) is 51.2 Å². The van der Waals surface area contributed by atoms with Gasteiger partial charge < -0.3 is 10.1 Å². The summed E-state index contributed by atoms with van der Waals surface area (Å²) >= 11 is 7.48. The fourth-order valence-electron chi connectivity index (χ4n) is 2.46. The van der Waals surface area contributed by atoms with Crippen LogP contribution in [-0.2, 0) is 4.74 Å². The molecule has 0 aliphatic rings. The third-order valence-electron chi connectivity index (χ3n) is 3.60. The molecule has 0 aliphatic carbocycles. The molecule has 1 N–H and O–H groups in total. The predicted octanol–water partition coefficient (Wildman–Crippen LogP) is 4.38. The van der Waals surface area contributed by atoms with Gasteiger partial charge in [0.25, 0.3) is 5.91 Å². The van der Waals surface area contributed by atoms with Crippen LogP contribution in [0, 0.1) is 0 Å². The lowest BCUT2D eigenvalue weighted by Crippen LogP contribution is -2.25. The van der Waals surface area contributed by atoms with Crippen molar-refractivity contribution < 1.29 is 9.53 Å². The molecule has 3 aromatic rings. The molecule has 0 atom stereocenters. The lowest BCUT2D eigenvalue weighted by atomic mass is 10.1. The van der Waals surface area contributed by atoms with Gasteiger partial charge in [0.2, 0.25) is 0 Å². The van der Waals surface area contributed by atoms with Crippen LogP contribution >= 0.6 is 22.9 Å². The Morgan fingerprint density at radius 3 is 2.88 bits per heavy atom. The summed E-state index contributed by atoms with van der Waals surface area (Å²) in [6.07, 6.45) is 0.776. The summed E-state index contributed by atoms with van der Waals surface area (Å²) in [5, 5.41) is 3.78. The van der Waals surface area contributed by atoms with Crippen LogP contribution in [-0.4, -0.2) is 31.2 Å². The van der Waals surface area contributed by atoms with Crippen LogP contribution in [0.5, 0.6) is 0 Å². The molecule has 0 spiro atoms. The molecule has 24 heavy (non-hydrogen) atoms. The second-order valence-corrected chi connectivity index (χ2v) is 6.99. The van der Waals surface area contributed by atoms with Gasteiger partial charge in [-0.25, -0.2) is 4.98 Å². The number of halogens is 1. The second kappa shape index (κ2) is 7.75. The first-order chi connectivity index (χ1) is 11.7. The van der Waals surface area contributed by atoms with Crippen molar-refractivity contribution in [1.29, 1.82) is 0 Å². The van der Waals surface area contributed by atoms with Crippen LogP contribution in [0.2, 0.25) is 4.34 Å². The summed E-state index contributed by atoms with van der Waals surface area (Å²) in [5.74, 6) is -0.103. The van der Waals surface area contributed by atoms with E-state index in [0.29, 0.717) is 23.1 Å². The van der Waals surface area contributed by atoms with Gasteiger partial charge in [-0.15, -0.1) is 11.3 Å². The molecule has 0 fully saturated rings. The minimum atomic E-state index is -0.103. The van der Waals surface area contributed by atoms with E-state index in [4.69, 9.17) is 16.3 Å². The molecule has 0 aliphatic heterocycles. The number of thiophene rings is 1. The lowest BCUT2D eigenvalue weighted by Gasteiger charge is -2.10. The van der Waals surface area contributed by atoms with E-state index in [1.54, 1.807) is 7.11 Å². The number of methoxy groups -OCH3 is 1. The first kappa shape index (κ1) is 16.9. The molecule has 0 radical (unpaired) electrons. The molecule has 3 rings (SSSR count). The maximum absolute atomic E-state index is 12.6. The zero-order chi connectivity index (χ0) is 16.9. The maximum atomic E-state index is 12.6. The highest BCUT2D eigenvalue weighted by molar-refractivity contribution is 7.19. The zero-order valence-electron chi connectivity index (χ0n) is 13.2. The van der Waals surface area contributed by atoms with Crippen molar-refractivity contribution in [2.75, 3.05) is 20.3 Å². The van der Waals surface area contributed by atoms with Gasteiger partial charge in [-0.2, -0.15) is 0 Å². The summed E-state index contributed by atoms with van der Waals surface area (Å²) in [4.78, 5) is 18.2. The zero-order valence-corrected chi connectivity index (χ0v) is 14.8. The predicted molar refractivity (Wildman–Crippen MR) is 98.9 cm³/mol. The van der Waals surface area contributed by atoms with Gasteiger partial charge >= 0.3 is 0 Å². The molecular formula is C18H17ClN2O2S. The number of carbonyl (C=O) groups excluding carboxylic acids is 1. The van der Waals surface area contributed by atoms with Crippen LogP contribution in [0.1, 0.15) is 16.8 Å². The van der Waals surface area contributed by atoms with Crippen LogP contribution < -0.4 is 5.32 Å². The van der Waals surface area contributed by atoms with Crippen molar-refractivity contribution >= 4 is 39.7 Å². The second-order valence-electron chi connectivity index (χ2n) is 5.28. The lowest BCUT2D eigenvalue weighted by molar-refractivity contribution is 0.0950. The third-order valence-corrected chi connectivity index (χ3v) is 4.85. The van der Waals surface area contributed by atoms with Crippen molar-refractivity contribution in [2.24, 2.45) is 0 Å². The van der Waals surface area contributed by atoms with Gasteiger partial charge in [0, 0.05) is 25.6 Å². The molecular weight excluding hydrogens is 344 g/mol. The Balaban J connectivity index is 1.97. The van der Waals surface area contributed by atoms with E-state index < -0.39 is 0 Å². The van der Waals surface area contributed by atoms with E-state index in [1.165, 1.54) is 11.3 Å². The Labute approximate surface area is 149 Å². The summed E-state index contributed by atoms with van der Waals surface area (Å²) in [5.41, 5.74) is 2.17. The fraction of sp³-hybridized carbons (Fsp3) is 0.222. The average Bonchev–Trinajstić information content (AvgIpc) is 3.04. The largest absolute Gasteiger partial charge is 0.385 e. The number of hydrogen-bond donors (Lipinski definition) is 1. The normalized spacial score (nSPS) is 10.9. The SMILES string of the molecule is COCCCNC(=O)c1cc(-c2ccc(Cl)s2)nc2ccccc12. The van der Waals surface area contributed by atoms with E-state index in [2.05, 4.69) is 10.3 Å². The maximum Gasteiger partial charge on any atom is 0.252 e. The van der Waals surface area contributed by atoms with E-state index in [1.807, 2.05) is 42.5 Å². The summed E-state index contributed by atoms with van der Waals surface area (Å²) in [7, 11) is 1.65.